The van der Waals surface area contributed by atoms with E-state index in [2.05, 4.69) is 29.3 Å². The lowest BCUT2D eigenvalue weighted by molar-refractivity contribution is -0.128. The van der Waals surface area contributed by atoms with Gasteiger partial charge in [0.1, 0.15) is 0 Å². The lowest BCUT2D eigenvalue weighted by Gasteiger charge is -2.21. The highest BCUT2D eigenvalue weighted by Gasteiger charge is 2.31. The number of likely N-dealkylation sites (tertiary alicyclic amines) is 1. The standard InChI is InChI=1S/C17H24N2OS/c1-13-4-2-3-5-16(13)21-12-17(20)19-8-6-14-10-18-11-15(14)7-9-19/h2-5,14-15,18H,6-12H2,1H3/t14-,15+. The molecule has 0 aliphatic carbocycles. The van der Waals surface area contributed by atoms with Gasteiger partial charge in [-0.1, -0.05) is 18.2 Å². The Morgan fingerprint density at radius 2 is 1.90 bits per heavy atom. The molecular formula is C17H24N2OS. The summed E-state index contributed by atoms with van der Waals surface area (Å²) in [7, 11) is 0. The van der Waals surface area contributed by atoms with Gasteiger partial charge in [0.2, 0.25) is 5.91 Å². The van der Waals surface area contributed by atoms with Crippen LogP contribution in [-0.4, -0.2) is 42.7 Å². The third-order valence-corrected chi connectivity index (χ3v) is 5.98. The van der Waals surface area contributed by atoms with Crippen LogP contribution in [0.4, 0.5) is 0 Å². The molecule has 1 aromatic rings. The fourth-order valence-electron chi connectivity index (χ4n) is 3.42. The Bertz CT molecular complexity index is 491. The summed E-state index contributed by atoms with van der Waals surface area (Å²) < 4.78 is 0. The monoisotopic (exact) mass is 304 g/mol. The van der Waals surface area contributed by atoms with Gasteiger partial charge in [0.15, 0.2) is 0 Å². The maximum absolute atomic E-state index is 12.4. The van der Waals surface area contributed by atoms with Crippen molar-refractivity contribution in [3.8, 4) is 0 Å². The third-order valence-electron chi connectivity index (χ3n) is 4.82. The summed E-state index contributed by atoms with van der Waals surface area (Å²) in [6.45, 7) is 6.27. The maximum Gasteiger partial charge on any atom is 0.232 e. The zero-order valence-electron chi connectivity index (χ0n) is 12.7. The van der Waals surface area contributed by atoms with Gasteiger partial charge in [-0.05, 0) is 56.3 Å². The number of hydrogen-bond donors (Lipinski definition) is 1. The van der Waals surface area contributed by atoms with Gasteiger partial charge >= 0.3 is 0 Å². The molecule has 1 amide bonds. The first-order chi connectivity index (χ1) is 10.2. The van der Waals surface area contributed by atoms with Crippen molar-refractivity contribution in [2.45, 2.75) is 24.7 Å². The van der Waals surface area contributed by atoms with E-state index in [9.17, 15) is 4.79 Å². The summed E-state index contributed by atoms with van der Waals surface area (Å²) in [5.41, 5.74) is 1.26. The van der Waals surface area contributed by atoms with Crippen LogP contribution in [0.2, 0.25) is 0 Å². The van der Waals surface area contributed by atoms with E-state index in [-0.39, 0.29) is 0 Å². The second kappa shape index (κ2) is 6.84. The Hall–Kier alpha value is -1.00. The number of benzene rings is 1. The van der Waals surface area contributed by atoms with Crippen molar-refractivity contribution in [2.24, 2.45) is 11.8 Å². The Kier molecular flexibility index (Phi) is 4.86. The summed E-state index contributed by atoms with van der Waals surface area (Å²) in [6, 6.07) is 8.29. The highest BCUT2D eigenvalue weighted by atomic mass is 32.2. The number of aryl methyl sites for hydroxylation is 1. The van der Waals surface area contributed by atoms with Gasteiger partial charge in [0.25, 0.3) is 0 Å². The SMILES string of the molecule is Cc1ccccc1SCC(=O)N1CC[C@@H]2CNC[C@@H]2CC1. The maximum atomic E-state index is 12.4. The lowest BCUT2D eigenvalue weighted by Crippen LogP contribution is -2.34. The molecule has 2 aliphatic rings. The van der Waals surface area contributed by atoms with Crippen LogP contribution in [0.3, 0.4) is 0 Å². The third kappa shape index (κ3) is 3.61. The van der Waals surface area contributed by atoms with Gasteiger partial charge in [-0.15, -0.1) is 11.8 Å². The molecule has 2 atom stereocenters. The molecule has 4 heteroatoms. The number of carbonyl (C=O) groups excluding carboxylic acids is 1. The number of fused-ring (bicyclic) bond motifs is 1. The summed E-state index contributed by atoms with van der Waals surface area (Å²) in [6.07, 6.45) is 2.33. The van der Waals surface area contributed by atoms with E-state index in [1.54, 1.807) is 11.8 Å². The molecule has 114 valence electrons. The molecule has 0 aromatic heterocycles. The number of nitrogens with zero attached hydrogens (tertiary/aromatic N) is 1. The van der Waals surface area contributed by atoms with Crippen LogP contribution in [0.25, 0.3) is 0 Å². The van der Waals surface area contributed by atoms with E-state index in [0.29, 0.717) is 11.7 Å². The fourth-order valence-corrected chi connectivity index (χ4v) is 4.35. The van der Waals surface area contributed by atoms with Gasteiger partial charge in [-0.25, -0.2) is 0 Å². The predicted molar refractivity (Wildman–Crippen MR) is 87.6 cm³/mol. The minimum Gasteiger partial charge on any atom is -0.342 e. The summed E-state index contributed by atoms with van der Waals surface area (Å²) in [5.74, 6) is 2.44. The molecule has 2 saturated heterocycles. The van der Waals surface area contributed by atoms with E-state index < -0.39 is 0 Å². The van der Waals surface area contributed by atoms with E-state index >= 15 is 0 Å². The summed E-state index contributed by atoms with van der Waals surface area (Å²) >= 11 is 1.67. The number of nitrogens with one attached hydrogen (secondary N) is 1. The van der Waals surface area contributed by atoms with Crippen LogP contribution in [0.15, 0.2) is 29.2 Å². The first-order valence-electron chi connectivity index (χ1n) is 7.91. The van der Waals surface area contributed by atoms with Crippen LogP contribution < -0.4 is 5.32 Å². The van der Waals surface area contributed by atoms with Crippen LogP contribution in [0, 0.1) is 18.8 Å². The second-order valence-electron chi connectivity index (χ2n) is 6.19. The van der Waals surface area contributed by atoms with Crippen molar-refractivity contribution in [1.29, 1.82) is 0 Å². The van der Waals surface area contributed by atoms with E-state index in [4.69, 9.17) is 0 Å². The van der Waals surface area contributed by atoms with Crippen molar-refractivity contribution in [1.82, 2.24) is 10.2 Å². The van der Waals surface area contributed by atoms with Gasteiger partial charge in [-0.3, -0.25) is 4.79 Å². The van der Waals surface area contributed by atoms with E-state index in [1.807, 2.05) is 12.1 Å². The Labute approximate surface area is 131 Å². The first kappa shape index (κ1) is 14.9. The summed E-state index contributed by atoms with van der Waals surface area (Å²) in [5, 5.41) is 3.48. The Balaban J connectivity index is 1.52. The molecule has 3 rings (SSSR count). The smallest absolute Gasteiger partial charge is 0.232 e. The normalized spacial score (nSPS) is 25.5. The second-order valence-corrected chi connectivity index (χ2v) is 7.21. The number of thioether (sulfide) groups is 1. The predicted octanol–water partition coefficient (Wildman–Crippen LogP) is 2.55. The fraction of sp³-hybridized carbons (Fsp3) is 0.588. The molecule has 1 aromatic carbocycles. The molecule has 2 aliphatic heterocycles. The van der Waals surface area contributed by atoms with Crippen molar-refractivity contribution >= 4 is 17.7 Å². The molecule has 3 nitrogen and oxygen atoms in total. The molecule has 1 N–H and O–H groups in total. The largest absolute Gasteiger partial charge is 0.342 e. The molecule has 21 heavy (non-hydrogen) atoms. The average Bonchev–Trinajstić information content (AvgIpc) is 2.85. The van der Waals surface area contributed by atoms with Gasteiger partial charge in [-0.2, -0.15) is 0 Å². The Morgan fingerprint density at radius 1 is 1.24 bits per heavy atom. The van der Waals surface area contributed by atoms with Gasteiger partial charge in [0, 0.05) is 18.0 Å². The average molecular weight is 304 g/mol. The molecular weight excluding hydrogens is 280 g/mol. The van der Waals surface area contributed by atoms with Crippen molar-refractivity contribution in [2.75, 3.05) is 31.9 Å². The molecule has 0 unspecified atom stereocenters. The molecule has 0 saturated carbocycles. The number of carbonyl (C=O) groups is 1. The molecule has 0 bridgehead atoms. The zero-order valence-corrected chi connectivity index (χ0v) is 13.5. The highest BCUT2D eigenvalue weighted by molar-refractivity contribution is 8.00. The molecule has 0 radical (unpaired) electrons. The molecule has 2 heterocycles. The van der Waals surface area contributed by atoms with Crippen LogP contribution in [0.1, 0.15) is 18.4 Å². The van der Waals surface area contributed by atoms with Crippen molar-refractivity contribution < 1.29 is 4.79 Å². The van der Waals surface area contributed by atoms with Crippen molar-refractivity contribution in [3.05, 3.63) is 29.8 Å². The highest BCUT2D eigenvalue weighted by Crippen LogP contribution is 2.28. The van der Waals surface area contributed by atoms with E-state index in [1.165, 1.54) is 23.3 Å². The van der Waals surface area contributed by atoms with Gasteiger partial charge < -0.3 is 10.2 Å². The Morgan fingerprint density at radius 3 is 2.57 bits per heavy atom. The minimum atomic E-state index is 0.302. The first-order valence-corrected chi connectivity index (χ1v) is 8.89. The summed E-state index contributed by atoms with van der Waals surface area (Å²) in [4.78, 5) is 15.8. The quantitative estimate of drug-likeness (QED) is 0.871. The number of hydrogen-bond acceptors (Lipinski definition) is 3. The van der Waals surface area contributed by atoms with Crippen LogP contribution in [-0.2, 0) is 4.79 Å². The lowest BCUT2D eigenvalue weighted by atomic mass is 9.92. The van der Waals surface area contributed by atoms with E-state index in [0.717, 1.165) is 38.0 Å². The van der Waals surface area contributed by atoms with Gasteiger partial charge in [0.05, 0.1) is 5.75 Å². The topological polar surface area (TPSA) is 32.3 Å². The number of amides is 1. The molecule has 2 fully saturated rings. The number of rotatable bonds is 3. The van der Waals surface area contributed by atoms with Crippen LogP contribution >= 0.6 is 11.8 Å². The molecule has 0 spiro atoms. The van der Waals surface area contributed by atoms with Crippen LogP contribution in [0.5, 0.6) is 0 Å². The van der Waals surface area contributed by atoms with Crippen molar-refractivity contribution in [3.63, 3.8) is 0 Å². The zero-order chi connectivity index (χ0) is 14.7. The minimum absolute atomic E-state index is 0.302.